The summed E-state index contributed by atoms with van der Waals surface area (Å²) < 4.78 is 0. The van der Waals surface area contributed by atoms with Gasteiger partial charge in [-0.2, -0.15) is 0 Å². The van der Waals surface area contributed by atoms with Crippen LogP contribution in [0.25, 0.3) is 0 Å². The molecule has 0 rings (SSSR count). The van der Waals surface area contributed by atoms with E-state index in [9.17, 15) is 0 Å². The Morgan fingerprint density at radius 2 is 2.00 bits per heavy atom. The Kier molecular flexibility index (Phi) is 7.26. The summed E-state index contributed by atoms with van der Waals surface area (Å²) in [6, 6.07) is 0. The van der Waals surface area contributed by atoms with Gasteiger partial charge < -0.3 is 0 Å². The van der Waals surface area contributed by atoms with Crippen molar-refractivity contribution in [3.05, 3.63) is 11.0 Å². The zero-order valence-electron chi connectivity index (χ0n) is 7.31. The smallest absolute Gasteiger partial charge is 0.0140 e. The summed E-state index contributed by atoms with van der Waals surface area (Å²) in [4.78, 5) is 1.56. The molecule has 0 saturated heterocycles. The minimum atomic E-state index is 1.25. The fourth-order valence-electron chi connectivity index (χ4n) is 0.839. The van der Waals surface area contributed by atoms with E-state index in [1.807, 2.05) is 11.8 Å². The summed E-state index contributed by atoms with van der Waals surface area (Å²) in [7, 11) is 0. The first-order valence-corrected chi connectivity index (χ1v) is 5.30. The van der Waals surface area contributed by atoms with E-state index in [0.717, 1.165) is 0 Å². The van der Waals surface area contributed by atoms with Crippen LogP contribution in [0.4, 0.5) is 0 Å². The molecule has 0 aliphatic rings. The van der Waals surface area contributed by atoms with Gasteiger partial charge in [0.1, 0.15) is 0 Å². The highest BCUT2D eigenvalue weighted by molar-refractivity contribution is 8.02. The maximum Gasteiger partial charge on any atom is -0.0140 e. The maximum absolute atomic E-state index is 2.37. The molecule has 1 heteroatoms. The second kappa shape index (κ2) is 7.20. The van der Waals surface area contributed by atoms with E-state index in [2.05, 4.69) is 26.2 Å². The summed E-state index contributed by atoms with van der Waals surface area (Å²) in [5, 5.41) is 0. The third-order valence-corrected chi connectivity index (χ3v) is 2.31. The molecule has 0 unspecified atom stereocenters. The lowest BCUT2D eigenvalue weighted by Crippen LogP contribution is -1.75. The third-order valence-electron chi connectivity index (χ3n) is 1.42. The SMILES string of the molecule is CCCC=C(CCC)SC. The maximum atomic E-state index is 2.37. The van der Waals surface area contributed by atoms with E-state index in [4.69, 9.17) is 0 Å². The predicted octanol–water partition coefficient (Wildman–Crippen LogP) is 3.83. The van der Waals surface area contributed by atoms with Gasteiger partial charge in [0.15, 0.2) is 0 Å². The molecule has 0 aromatic carbocycles. The fraction of sp³-hybridized carbons (Fsp3) is 0.778. The molecule has 10 heavy (non-hydrogen) atoms. The van der Waals surface area contributed by atoms with Crippen LogP contribution in [0.1, 0.15) is 39.5 Å². The highest BCUT2D eigenvalue weighted by Crippen LogP contribution is 2.18. The second-order valence-corrected chi connectivity index (χ2v) is 3.35. The third kappa shape index (κ3) is 4.92. The quantitative estimate of drug-likeness (QED) is 0.586. The molecule has 0 fully saturated rings. The van der Waals surface area contributed by atoms with E-state index in [1.54, 1.807) is 4.91 Å². The van der Waals surface area contributed by atoms with E-state index in [0.29, 0.717) is 0 Å². The lowest BCUT2D eigenvalue weighted by atomic mass is 10.2. The molecule has 0 aromatic rings. The number of thioether (sulfide) groups is 1. The first-order valence-electron chi connectivity index (χ1n) is 4.08. The predicted molar refractivity (Wildman–Crippen MR) is 51.4 cm³/mol. The van der Waals surface area contributed by atoms with Gasteiger partial charge in [-0.05, 0) is 24.0 Å². The van der Waals surface area contributed by atoms with Crippen LogP contribution >= 0.6 is 11.8 Å². The monoisotopic (exact) mass is 158 g/mol. The number of hydrogen-bond donors (Lipinski definition) is 0. The van der Waals surface area contributed by atoms with Gasteiger partial charge in [-0.25, -0.2) is 0 Å². The molecule has 0 bridgehead atoms. The standard InChI is InChI=1S/C9H18S/c1-4-6-8-9(10-3)7-5-2/h8H,4-7H2,1-3H3. The van der Waals surface area contributed by atoms with Gasteiger partial charge in [-0.1, -0.05) is 32.8 Å². The van der Waals surface area contributed by atoms with Gasteiger partial charge in [0.25, 0.3) is 0 Å². The average molecular weight is 158 g/mol. The Morgan fingerprint density at radius 3 is 2.40 bits per heavy atom. The van der Waals surface area contributed by atoms with E-state index >= 15 is 0 Å². The van der Waals surface area contributed by atoms with Gasteiger partial charge in [0.2, 0.25) is 0 Å². The van der Waals surface area contributed by atoms with Crippen molar-refractivity contribution in [2.75, 3.05) is 6.26 Å². The lowest BCUT2D eigenvalue weighted by molar-refractivity contribution is 0.912. The molecule has 0 spiro atoms. The Labute approximate surface area is 69.1 Å². The molecule has 0 aliphatic heterocycles. The summed E-state index contributed by atoms with van der Waals surface area (Å²) in [6.07, 6.45) is 9.59. The fourth-order valence-corrected chi connectivity index (χ4v) is 1.53. The summed E-state index contributed by atoms with van der Waals surface area (Å²) >= 11 is 1.90. The molecule has 0 amide bonds. The van der Waals surface area contributed by atoms with Gasteiger partial charge in [0, 0.05) is 0 Å². The largest absolute Gasteiger partial charge is 0.134 e. The molecule has 0 saturated carbocycles. The van der Waals surface area contributed by atoms with Gasteiger partial charge in [-0.3, -0.25) is 0 Å². The number of allylic oxidation sites excluding steroid dienone is 2. The lowest BCUT2D eigenvalue weighted by Gasteiger charge is -1.99. The highest BCUT2D eigenvalue weighted by atomic mass is 32.2. The van der Waals surface area contributed by atoms with E-state index in [1.165, 1.54) is 25.7 Å². The molecule has 0 aromatic heterocycles. The molecule has 0 aliphatic carbocycles. The summed E-state index contributed by atoms with van der Waals surface area (Å²) in [5.74, 6) is 0. The van der Waals surface area contributed by atoms with Crippen molar-refractivity contribution < 1.29 is 0 Å². The molecular weight excluding hydrogens is 140 g/mol. The van der Waals surface area contributed by atoms with Crippen molar-refractivity contribution >= 4 is 11.8 Å². The summed E-state index contributed by atoms with van der Waals surface area (Å²) in [6.45, 7) is 4.45. The molecule has 0 radical (unpaired) electrons. The first-order chi connectivity index (χ1) is 4.85. The van der Waals surface area contributed by atoms with Crippen molar-refractivity contribution in [1.29, 1.82) is 0 Å². The van der Waals surface area contributed by atoms with Crippen LogP contribution in [-0.4, -0.2) is 6.26 Å². The van der Waals surface area contributed by atoms with Crippen LogP contribution in [0.2, 0.25) is 0 Å². The van der Waals surface area contributed by atoms with Crippen LogP contribution in [0.15, 0.2) is 11.0 Å². The molecule has 0 nitrogen and oxygen atoms in total. The average Bonchev–Trinajstić information content (AvgIpc) is 1.98. The molecule has 60 valence electrons. The number of hydrogen-bond acceptors (Lipinski definition) is 1. The minimum absolute atomic E-state index is 1.25. The van der Waals surface area contributed by atoms with Crippen molar-refractivity contribution in [3.63, 3.8) is 0 Å². The van der Waals surface area contributed by atoms with Crippen LogP contribution in [0, 0.1) is 0 Å². The minimum Gasteiger partial charge on any atom is -0.134 e. The second-order valence-electron chi connectivity index (χ2n) is 2.41. The Hall–Kier alpha value is 0.0900. The number of unbranched alkanes of at least 4 members (excludes halogenated alkanes) is 1. The van der Waals surface area contributed by atoms with E-state index < -0.39 is 0 Å². The van der Waals surface area contributed by atoms with Gasteiger partial charge in [-0.15, -0.1) is 11.8 Å². The van der Waals surface area contributed by atoms with Crippen molar-refractivity contribution in [3.8, 4) is 0 Å². The van der Waals surface area contributed by atoms with Crippen molar-refractivity contribution in [2.45, 2.75) is 39.5 Å². The van der Waals surface area contributed by atoms with Crippen molar-refractivity contribution in [1.82, 2.24) is 0 Å². The van der Waals surface area contributed by atoms with Crippen LogP contribution in [-0.2, 0) is 0 Å². The molecular formula is C9H18S. The normalized spacial score (nSPS) is 12.1. The highest BCUT2D eigenvalue weighted by Gasteiger charge is 1.90. The molecule has 0 atom stereocenters. The Bertz CT molecular complexity index is 94.9. The van der Waals surface area contributed by atoms with Crippen LogP contribution < -0.4 is 0 Å². The van der Waals surface area contributed by atoms with Gasteiger partial charge in [0.05, 0.1) is 0 Å². The van der Waals surface area contributed by atoms with Crippen LogP contribution in [0.3, 0.4) is 0 Å². The summed E-state index contributed by atoms with van der Waals surface area (Å²) in [5.41, 5.74) is 0. The Morgan fingerprint density at radius 1 is 1.30 bits per heavy atom. The van der Waals surface area contributed by atoms with E-state index in [-0.39, 0.29) is 0 Å². The van der Waals surface area contributed by atoms with Crippen LogP contribution in [0.5, 0.6) is 0 Å². The molecule has 0 heterocycles. The van der Waals surface area contributed by atoms with Gasteiger partial charge >= 0.3 is 0 Å². The molecule has 0 N–H and O–H groups in total. The Balaban J connectivity index is 3.55. The number of rotatable bonds is 5. The zero-order chi connectivity index (χ0) is 7.82. The zero-order valence-corrected chi connectivity index (χ0v) is 8.13. The topological polar surface area (TPSA) is 0 Å². The van der Waals surface area contributed by atoms with Crippen molar-refractivity contribution in [2.24, 2.45) is 0 Å². The first kappa shape index (κ1) is 10.1.